The van der Waals surface area contributed by atoms with Gasteiger partial charge in [0.2, 0.25) is 0 Å². The van der Waals surface area contributed by atoms with Gasteiger partial charge in [-0.3, -0.25) is 14.7 Å². The van der Waals surface area contributed by atoms with Gasteiger partial charge in [0, 0.05) is 30.1 Å². The predicted molar refractivity (Wildman–Crippen MR) is 141 cm³/mol. The van der Waals surface area contributed by atoms with Gasteiger partial charge in [-0.2, -0.15) is 0 Å². The molecule has 1 aliphatic rings. The molecule has 0 radical (unpaired) electrons. The Kier molecular flexibility index (Phi) is 9.27. The zero-order chi connectivity index (χ0) is 27.1. The number of hydrogen-bond acceptors (Lipinski definition) is 5. The van der Waals surface area contributed by atoms with Gasteiger partial charge in [-0.05, 0) is 92.1 Å². The zero-order valence-corrected chi connectivity index (χ0v) is 21.4. The molecular formula is C30H32F2N2O4. The van der Waals surface area contributed by atoms with Crippen molar-refractivity contribution in [1.29, 1.82) is 0 Å². The molecular weight excluding hydrogens is 490 g/mol. The van der Waals surface area contributed by atoms with Gasteiger partial charge in [0.1, 0.15) is 5.75 Å². The number of halogens is 2. The van der Waals surface area contributed by atoms with Crippen LogP contribution in [0.3, 0.4) is 0 Å². The summed E-state index contributed by atoms with van der Waals surface area (Å²) in [5.74, 6) is 4.40. The van der Waals surface area contributed by atoms with Crippen molar-refractivity contribution in [2.45, 2.75) is 38.2 Å². The van der Waals surface area contributed by atoms with Gasteiger partial charge in [-0.15, -0.1) is 0 Å². The average Bonchev–Trinajstić information content (AvgIpc) is 2.92. The van der Waals surface area contributed by atoms with E-state index in [4.69, 9.17) is 4.74 Å². The van der Waals surface area contributed by atoms with Crippen molar-refractivity contribution in [1.82, 2.24) is 9.88 Å². The lowest BCUT2D eigenvalue weighted by Crippen LogP contribution is -2.41. The number of nitrogens with zero attached hydrogens (tertiary/aromatic N) is 2. The Bertz CT molecular complexity index is 1340. The lowest BCUT2D eigenvalue weighted by atomic mass is 9.79. The van der Waals surface area contributed by atoms with Gasteiger partial charge >= 0.3 is 5.97 Å². The number of rotatable bonds is 9. The maximum atomic E-state index is 13.4. The molecule has 1 unspecified atom stereocenters. The van der Waals surface area contributed by atoms with Crippen molar-refractivity contribution in [2.24, 2.45) is 11.8 Å². The van der Waals surface area contributed by atoms with Crippen molar-refractivity contribution in [3.8, 4) is 17.6 Å². The number of aliphatic hydroxyl groups excluding tert-OH is 1. The van der Waals surface area contributed by atoms with Gasteiger partial charge < -0.3 is 14.9 Å². The summed E-state index contributed by atoms with van der Waals surface area (Å²) < 4.78 is 31.9. The first-order valence-corrected chi connectivity index (χ1v) is 12.8. The van der Waals surface area contributed by atoms with E-state index < -0.39 is 23.7 Å². The molecule has 8 heteroatoms. The molecule has 1 fully saturated rings. The number of aromatic nitrogens is 1. The number of carboxylic acid groups (broad SMARTS) is 1. The van der Waals surface area contributed by atoms with Crippen LogP contribution in [-0.4, -0.2) is 52.8 Å². The third-order valence-corrected chi connectivity index (χ3v) is 7.31. The summed E-state index contributed by atoms with van der Waals surface area (Å²) in [6, 6.07) is 11.0. The van der Waals surface area contributed by atoms with Gasteiger partial charge in [-0.25, -0.2) is 8.78 Å². The molecule has 38 heavy (non-hydrogen) atoms. The molecule has 200 valence electrons. The smallest absolute Gasteiger partial charge is 0.303 e. The van der Waals surface area contributed by atoms with E-state index in [0.717, 1.165) is 48.0 Å². The zero-order valence-electron chi connectivity index (χ0n) is 21.4. The second-order valence-electron chi connectivity index (χ2n) is 9.78. The maximum Gasteiger partial charge on any atom is 0.303 e. The van der Waals surface area contributed by atoms with Crippen LogP contribution in [-0.2, 0) is 4.79 Å². The SMILES string of the molecule is COc1ccc2nccc(C(O)CC[C@@H]3CCN(CC#Cc4ccc(F)c(F)c4)C[C@@H]3CCC(=O)O)c2c1. The Balaban J connectivity index is 1.39. The van der Waals surface area contributed by atoms with Crippen LogP contribution in [0.5, 0.6) is 5.75 Å². The fraction of sp³-hybridized carbons (Fsp3) is 0.400. The summed E-state index contributed by atoms with van der Waals surface area (Å²) >= 11 is 0. The van der Waals surface area contributed by atoms with Gasteiger partial charge in [0.05, 0.1) is 25.3 Å². The van der Waals surface area contributed by atoms with Crippen LogP contribution in [0.15, 0.2) is 48.7 Å². The highest BCUT2D eigenvalue weighted by Crippen LogP contribution is 2.35. The number of aliphatic carboxylic acids is 1. The minimum atomic E-state index is -0.924. The Labute approximate surface area is 221 Å². The number of fused-ring (bicyclic) bond motifs is 1. The summed E-state index contributed by atoms with van der Waals surface area (Å²) in [4.78, 5) is 17.9. The Morgan fingerprint density at radius 2 is 2.00 bits per heavy atom. The second kappa shape index (κ2) is 12.8. The topological polar surface area (TPSA) is 82.9 Å². The number of carboxylic acids is 1. The van der Waals surface area contributed by atoms with Crippen LogP contribution >= 0.6 is 0 Å². The molecule has 2 N–H and O–H groups in total. The van der Waals surface area contributed by atoms with Crippen LogP contribution in [0.1, 0.15) is 49.3 Å². The van der Waals surface area contributed by atoms with E-state index in [1.54, 1.807) is 13.3 Å². The number of aliphatic hydroxyl groups is 1. The van der Waals surface area contributed by atoms with E-state index in [-0.39, 0.29) is 18.3 Å². The average molecular weight is 523 g/mol. The minimum absolute atomic E-state index is 0.0902. The number of benzene rings is 2. The van der Waals surface area contributed by atoms with E-state index in [2.05, 4.69) is 21.7 Å². The van der Waals surface area contributed by atoms with E-state index >= 15 is 0 Å². The fourth-order valence-electron chi connectivity index (χ4n) is 5.23. The number of methoxy groups -OCH3 is 1. The second-order valence-corrected chi connectivity index (χ2v) is 9.78. The molecule has 2 heterocycles. The number of carbonyl (C=O) groups is 1. The van der Waals surface area contributed by atoms with E-state index in [1.807, 2.05) is 24.3 Å². The number of ether oxygens (including phenoxy) is 1. The minimum Gasteiger partial charge on any atom is -0.497 e. The lowest BCUT2D eigenvalue weighted by molar-refractivity contribution is -0.137. The summed E-state index contributed by atoms with van der Waals surface area (Å²) in [6.07, 6.45) is 3.87. The van der Waals surface area contributed by atoms with Crippen molar-refractivity contribution in [2.75, 3.05) is 26.7 Å². The van der Waals surface area contributed by atoms with Crippen LogP contribution in [0, 0.1) is 35.3 Å². The van der Waals surface area contributed by atoms with Gasteiger partial charge in [0.25, 0.3) is 0 Å². The van der Waals surface area contributed by atoms with Crippen LogP contribution in [0.2, 0.25) is 0 Å². The van der Waals surface area contributed by atoms with Crippen molar-refractivity contribution in [3.05, 3.63) is 71.4 Å². The first kappa shape index (κ1) is 27.5. The standard InChI is InChI=1S/C30H32F2N2O4/c1-38-23-7-9-28-25(18-23)24(12-14-33-28)29(35)10-5-21-13-16-34(19-22(21)6-11-30(36)37)15-2-3-20-4-8-26(31)27(32)17-20/h4,7-9,12,14,17-18,21-22,29,35H,5-6,10-11,13,15-16,19H2,1H3,(H,36,37)/t21-,22+,29?/m1/s1. The van der Waals surface area contributed by atoms with Gasteiger partial charge in [-0.1, -0.05) is 11.8 Å². The first-order valence-electron chi connectivity index (χ1n) is 12.8. The van der Waals surface area contributed by atoms with Crippen LogP contribution < -0.4 is 4.74 Å². The highest BCUT2D eigenvalue weighted by molar-refractivity contribution is 5.83. The van der Waals surface area contributed by atoms with E-state index in [0.29, 0.717) is 37.2 Å². The van der Waals surface area contributed by atoms with Crippen LogP contribution in [0.4, 0.5) is 8.78 Å². The summed E-state index contributed by atoms with van der Waals surface area (Å²) in [5, 5.41) is 21.2. The maximum absolute atomic E-state index is 13.4. The van der Waals surface area contributed by atoms with Crippen molar-refractivity contribution in [3.63, 3.8) is 0 Å². The normalized spacial score (nSPS) is 18.5. The Morgan fingerprint density at radius 1 is 1.16 bits per heavy atom. The summed E-state index contributed by atoms with van der Waals surface area (Å²) in [5.41, 5.74) is 2.01. The quantitative estimate of drug-likeness (QED) is 0.377. The molecule has 3 aromatic rings. The Morgan fingerprint density at radius 3 is 2.76 bits per heavy atom. The largest absolute Gasteiger partial charge is 0.497 e. The molecule has 0 amide bonds. The molecule has 2 aromatic carbocycles. The lowest BCUT2D eigenvalue weighted by Gasteiger charge is -2.38. The molecule has 3 atom stereocenters. The van der Waals surface area contributed by atoms with Crippen molar-refractivity contribution >= 4 is 16.9 Å². The molecule has 1 saturated heterocycles. The highest BCUT2D eigenvalue weighted by atomic mass is 19.2. The molecule has 1 aromatic heterocycles. The number of pyridine rings is 1. The molecule has 6 nitrogen and oxygen atoms in total. The van der Waals surface area contributed by atoms with E-state index in [9.17, 15) is 23.8 Å². The number of hydrogen-bond donors (Lipinski definition) is 2. The molecule has 0 spiro atoms. The Hall–Kier alpha value is -3.54. The number of likely N-dealkylation sites (tertiary alicyclic amines) is 1. The third kappa shape index (κ3) is 7.06. The van der Waals surface area contributed by atoms with Gasteiger partial charge in [0.15, 0.2) is 11.6 Å². The molecule has 0 aliphatic carbocycles. The number of piperidine rings is 1. The highest BCUT2D eigenvalue weighted by Gasteiger charge is 2.30. The third-order valence-electron chi connectivity index (χ3n) is 7.31. The summed E-state index contributed by atoms with van der Waals surface area (Å²) in [6.45, 7) is 1.96. The fourth-order valence-corrected chi connectivity index (χ4v) is 5.23. The summed E-state index contributed by atoms with van der Waals surface area (Å²) in [7, 11) is 1.60. The van der Waals surface area contributed by atoms with Crippen LogP contribution in [0.25, 0.3) is 10.9 Å². The molecule has 0 bridgehead atoms. The first-order chi connectivity index (χ1) is 18.3. The molecule has 1 aliphatic heterocycles. The van der Waals surface area contributed by atoms with Crippen molar-refractivity contribution < 1.29 is 28.5 Å². The monoisotopic (exact) mass is 522 g/mol. The molecule has 0 saturated carbocycles. The predicted octanol–water partition coefficient (Wildman–Crippen LogP) is 5.19. The molecule has 4 rings (SSSR count). The van der Waals surface area contributed by atoms with E-state index in [1.165, 1.54) is 6.07 Å².